The van der Waals surface area contributed by atoms with Crippen LogP contribution >= 0.6 is 0 Å². The molecule has 0 N–H and O–H groups in total. The lowest BCUT2D eigenvalue weighted by atomic mass is 9.86. The van der Waals surface area contributed by atoms with Gasteiger partial charge < -0.3 is 4.74 Å². The Balaban J connectivity index is 4.31. The van der Waals surface area contributed by atoms with Gasteiger partial charge in [-0.05, 0) is 13.3 Å². The van der Waals surface area contributed by atoms with E-state index in [9.17, 15) is 4.79 Å². The predicted molar refractivity (Wildman–Crippen MR) is 45.2 cm³/mol. The Labute approximate surface area is 68.2 Å². The molecular formula is C9H16O2. The van der Waals surface area contributed by atoms with Crippen LogP contribution in [0.1, 0.15) is 26.7 Å². The first-order valence-corrected chi connectivity index (χ1v) is 3.82. The second kappa shape index (κ2) is 4.16. The van der Waals surface area contributed by atoms with Crippen LogP contribution < -0.4 is 0 Å². The van der Waals surface area contributed by atoms with Gasteiger partial charge in [-0.1, -0.05) is 19.4 Å². The molecule has 0 spiro atoms. The van der Waals surface area contributed by atoms with Gasteiger partial charge in [0, 0.05) is 0 Å². The quantitative estimate of drug-likeness (QED) is 0.460. The normalized spacial score (nSPS) is 15.2. The van der Waals surface area contributed by atoms with E-state index in [2.05, 4.69) is 11.3 Å². The largest absolute Gasteiger partial charge is 0.468 e. The Bertz CT molecular complexity index is 152. The van der Waals surface area contributed by atoms with Crippen LogP contribution in [0.3, 0.4) is 0 Å². The molecule has 64 valence electrons. The van der Waals surface area contributed by atoms with Crippen LogP contribution in [0.25, 0.3) is 0 Å². The first-order chi connectivity index (χ1) is 5.10. The molecule has 2 nitrogen and oxygen atoms in total. The van der Waals surface area contributed by atoms with Crippen molar-refractivity contribution in [1.82, 2.24) is 0 Å². The van der Waals surface area contributed by atoms with Gasteiger partial charge in [-0.15, -0.1) is 6.58 Å². The minimum Gasteiger partial charge on any atom is -0.468 e. The second-order valence-corrected chi connectivity index (χ2v) is 2.86. The van der Waals surface area contributed by atoms with Crippen LogP contribution in [0.5, 0.6) is 0 Å². The molecule has 0 aliphatic rings. The van der Waals surface area contributed by atoms with Crippen molar-refractivity contribution in [3.8, 4) is 0 Å². The highest BCUT2D eigenvalue weighted by Crippen LogP contribution is 2.25. The average Bonchev–Trinajstić information content (AvgIpc) is 2.03. The molecule has 1 atom stereocenters. The SMILES string of the molecule is C=CC(C)(CCC)C(=O)OC. The third-order valence-corrected chi connectivity index (χ3v) is 1.87. The molecule has 11 heavy (non-hydrogen) atoms. The third-order valence-electron chi connectivity index (χ3n) is 1.87. The summed E-state index contributed by atoms with van der Waals surface area (Å²) in [6.45, 7) is 7.49. The maximum atomic E-state index is 11.2. The zero-order valence-corrected chi connectivity index (χ0v) is 7.52. The van der Waals surface area contributed by atoms with Gasteiger partial charge in [0.15, 0.2) is 0 Å². The molecule has 0 bridgehead atoms. The van der Waals surface area contributed by atoms with Crippen molar-refractivity contribution in [2.45, 2.75) is 26.7 Å². The Morgan fingerprint density at radius 3 is 2.55 bits per heavy atom. The zero-order chi connectivity index (χ0) is 8.91. The monoisotopic (exact) mass is 156 g/mol. The Morgan fingerprint density at radius 2 is 2.27 bits per heavy atom. The summed E-state index contributed by atoms with van der Waals surface area (Å²) in [4.78, 5) is 11.2. The van der Waals surface area contributed by atoms with Crippen LogP contribution in [0.4, 0.5) is 0 Å². The lowest BCUT2D eigenvalue weighted by Gasteiger charge is -2.21. The van der Waals surface area contributed by atoms with Gasteiger partial charge in [-0.25, -0.2) is 0 Å². The van der Waals surface area contributed by atoms with Crippen molar-refractivity contribution in [1.29, 1.82) is 0 Å². The molecule has 0 saturated heterocycles. The van der Waals surface area contributed by atoms with E-state index in [1.54, 1.807) is 6.08 Å². The van der Waals surface area contributed by atoms with Crippen LogP contribution in [-0.4, -0.2) is 13.1 Å². The standard InChI is InChI=1S/C9H16O2/c1-5-7-9(3,6-2)8(10)11-4/h6H,2,5,7H2,1,3-4H3. The van der Waals surface area contributed by atoms with Gasteiger partial charge in [0.2, 0.25) is 0 Å². The van der Waals surface area contributed by atoms with Crippen molar-refractivity contribution in [2.24, 2.45) is 5.41 Å². The van der Waals surface area contributed by atoms with Gasteiger partial charge in [0.25, 0.3) is 0 Å². The summed E-state index contributed by atoms with van der Waals surface area (Å²) in [5, 5.41) is 0. The summed E-state index contributed by atoms with van der Waals surface area (Å²) in [5.41, 5.74) is -0.497. The number of hydrogen-bond donors (Lipinski definition) is 0. The Hall–Kier alpha value is -0.790. The number of rotatable bonds is 4. The summed E-state index contributed by atoms with van der Waals surface area (Å²) < 4.78 is 4.65. The fourth-order valence-electron chi connectivity index (χ4n) is 1.04. The maximum Gasteiger partial charge on any atom is 0.315 e. The number of esters is 1. The molecule has 0 fully saturated rings. The van der Waals surface area contributed by atoms with E-state index < -0.39 is 5.41 Å². The van der Waals surface area contributed by atoms with Crippen molar-refractivity contribution in [3.05, 3.63) is 12.7 Å². The Kier molecular flexibility index (Phi) is 3.86. The average molecular weight is 156 g/mol. The molecule has 2 heteroatoms. The van der Waals surface area contributed by atoms with E-state index in [1.165, 1.54) is 7.11 Å². The number of carbonyl (C=O) groups is 1. The summed E-state index contributed by atoms with van der Waals surface area (Å²) in [6.07, 6.45) is 3.41. The molecule has 0 aromatic carbocycles. The fourth-order valence-corrected chi connectivity index (χ4v) is 1.04. The molecule has 0 amide bonds. The molecule has 0 saturated carbocycles. The molecule has 0 radical (unpaired) electrons. The van der Waals surface area contributed by atoms with Gasteiger partial charge in [-0.3, -0.25) is 4.79 Å². The molecule has 0 aromatic heterocycles. The van der Waals surface area contributed by atoms with E-state index >= 15 is 0 Å². The van der Waals surface area contributed by atoms with Crippen LogP contribution in [0.15, 0.2) is 12.7 Å². The summed E-state index contributed by atoms with van der Waals surface area (Å²) in [7, 11) is 1.40. The fraction of sp³-hybridized carbons (Fsp3) is 0.667. The molecule has 0 aromatic rings. The molecular weight excluding hydrogens is 140 g/mol. The van der Waals surface area contributed by atoms with E-state index in [-0.39, 0.29) is 5.97 Å². The zero-order valence-electron chi connectivity index (χ0n) is 7.52. The van der Waals surface area contributed by atoms with Crippen molar-refractivity contribution in [2.75, 3.05) is 7.11 Å². The lowest BCUT2D eigenvalue weighted by Crippen LogP contribution is -2.26. The third kappa shape index (κ3) is 2.37. The molecule has 1 unspecified atom stereocenters. The summed E-state index contributed by atoms with van der Waals surface area (Å²) >= 11 is 0. The van der Waals surface area contributed by atoms with Gasteiger partial charge in [-0.2, -0.15) is 0 Å². The van der Waals surface area contributed by atoms with Gasteiger partial charge in [0.05, 0.1) is 12.5 Å². The van der Waals surface area contributed by atoms with Crippen LogP contribution in [0.2, 0.25) is 0 Å². The lowest BCUT2D eigenvalue weighted by molar-refractivity contribution is -0.149. The minimum atomic E-state index is -0.497. The van der Waals surface area contributed by atoms with E-state index in [0.717, 1.165) is 12.8 Å². The van der Waals surface area contributed by atoms with Gasteiger partial charge >= 0.3 is 5.97 Å². The van der Waals surface area contributed by atoms with Crippen LogP contribution in [0, 0.1) is 5.41 Å². The highest BCUT2D eigenvalue weighted by atomic mass is 16.5. The van der Waals surface area contributed by atoms with Crippen molar-refractivity contribution in [3.63, 3.8) is 0 Å². The van der Waals surface area contributed by atoms with Crippen molar-refractivity contribution >= 4 is 5.97 Å². The molecule has 0 aliphatic carbocycles. The molecule has 0 rings (SSSR count). The number of ether oxygens (including phenoxy) is 1. The number of methoxy groups -OCH3 is 1. The first-order valence-electron chi connectivity index (χ1n) is 3.82. The number of hydrogen-bond acceptors (Lipinski definition) is 2. The number of carbonyl (C=O) groups excluding carboxylic acids is 1. The highest BCUT2D eigenvalue weighted by molar-refractivity contribution is 5.78. The Morgan fingerprint density at radius 1 is 1.73 bits per heavy atom. The van der Waals surface area contributed by atoms with E-state index in [1.807, 2.05) is 13.8 Å². The van der Waals surface area contributed by atoms with Gasteiger partial charge in [0.1, 0.15) is 0 Å². The molecule has 0 aliphatic heterocycles. The second-order valence-electron chi connectivity index (χ2n) is 2.86. The smallest absolute Gasteiger partial charge is 0.315 e. The van der Waals surface area contributed by atoms with Crippen molar-refractivity contribution < 1.29 is 9.53 Å². The summed E-state index contributed by atoms with van der Waals surface area (Å²) in [6, 6.07) is 0. The van der Waals surface area contributed by atoms with Crippen LogP contribution in [-0.2, 0) is 9.53 Å². The predicted octanol–water partition coefficient (Wildman–Crippen LogP) is 2.15. The summed E-state index contributed by atoms with van der Waals surface area (Å²) in [5.74, 6) is -0.200. The first kappa shape index (κ1) is 10.2. The topological polar surface area (TPSA) is 26.3 Å². The minimum absolute atomic E-state index is 0.200. The highest BCUT2D eigenvalue weighted by Gasteiger charge is 2.29. The molecule has 0 heterocycles. The van der Waals surface area contributed by atoms with E-state index in [0.29, 0.717) is 0 Å². The maximum absolute atomic E-state index is 11.2. The van der Waals surface area contributed by atoms with E-state index in [4.69, 9.17) is 0 Å².